The second-order valence-corrected chi connectivity index (χ2v) is 5.30. The summed E-state index contributed by atoms with van der Waals surface area (Å²) in [5.74, 6) is -2.69. The minimum atomic E-state index is -1.10. The molecule has 0 saturated carbocycles. The third-order valence-electron chi connectivity index (χ3n) is 3.50. The molecule has 0 aliphatic heterocycles. The largest absolute Gasteiger partial charge is 0.508 e. The Morgan fingerprint density at radius 2 is 1.44 bits per heavy atom. The smallest absolute Gasteiger partial charge is 0.338 e. The number of carbonyl (C=O) groups excluding carboxylic acids is 2. The molecular formula is C18H16N2O7. The molecule has 2 aromatic carbocycles. The number of carboxylic acid groups (broad SMARTS) is 1. The molecule has 9 nitrogen and oxygen atoms in total. The van der Waals surface area contributed by atoms with Crippen molar-refractivity contribution in [2.45, 2.75) is 6.42 Å². The molecule has 0 spiro atoms. The molecule has 9 heteroatoms. The lowest BCUT2D eigenvalue weighted by Crippen LogP contribution is -2.11. The van der Waals surface area contributed by atoms with Gasteiger partial charge in [-0.05, 0) is 36.4 Å². The summed E-state index contributed by atoms with van der Waals surface area (Å²) in [6, 6.07) is 8.29. The van der Waals surface area contributed by atoms with E-state index < -0.39 is 17.9 Å². The molecule has 0 heterocycles. The van der Waals surface area contributed by atoms with Crippen LogP contribution < -0.4 is 0 Å². The molecule has 140 valence electrons. The van der Waals surface area contributed by atoms with Gasteiger partial charge in [-0.3, -0.25) is 4.79 Å². The van der Waals surface area contributed by atoms with Crippen LogP contribution in [0.1, 0.15) is 26.3 Å². The number of benzene rings is 2. The maximum atomic E-state index is 11.9. The number of phenols is 1. The summed E-state index contributed by atoms with van der Waals surface area (Å²) in [7, 11) is 2.37. The van der Waals surface area contributed by atoms with Crippen molar-refractivity contribution < 1.29 is 34.1 Å². The predicted molar refractivity (Wildman–Crippen MR) is 92.7 cm³/mol. The molecule has 0 unspecified atom stereocenters. The topological polar surface area (TPSA) is 135 Å². The fraction of sp³-hybridized carbons (Fsp3) is 0.167. The average molecular weight is 372 g/mol. The van der Waals surface area contributed by atoms with Crippen LogP contribution in [0.2, 0.25) is 0 Å². The van der Waals surface area contributed by atoms with Crippen LogP contribution in [0.3, 0.4) is 0 Å². The number of phenolic OH excluding ortho intramolecular Hbond substituents is 1. The zero-order valence-corrected chi connectivity index (χ0v) is 14.5. The van der Waals surface area contributed by atoms with Crippen molar-refractivity contribution in [3.63, 3.8) is 0 Å². The van der Waals surface area contributed by atoms with Crippen LogP contribution >= 0.6 is 0 Å². The molecule has 0 aliphatic rings. The second kappa shape index (κ2) is 8.56. The van der Waals surface area contributed by atoms with Crippen LogP contribution in [0.15, 0.2) is 46.6 Å². The minimum Gasteiger partial charge on any atom is -0.508 e. The van der Waals surface area contributed by atoms with Gasteiger partial charge in [0.1, 0.15) is 5.75 Å². The number of aliphatic carboxylic acids is 1. The number of carboxylic acids is 1. The molecule has 0 fully saturated rings. The lowest BCUT2D eigenvalue weighted by molar-refractivity contribution is -0.136. The average Bonchev–Trinajstić information content (AvgIpc) is 2.66. The van der Waals surface area contributed by atoms with Crippen LogP contribution in [0.25, 0.3) is 0 Å². The van der Waals surface area contributed by atoms with Gasteiger partial charge in [0.25, 0.3) is 0 Å². The number of rotatable bonds is 6. The number of azo groups is 1. The van der Waals surface area contributed by atoms with Crippen LogP contribution in [-0.4, -0.2) is 42.3 Å². The molecular weight excluding hydrogens is 356 g/mol. The predicted octanol–water partition coefficient (Wildman–Crippen LogP) is 3.01. The molecule has 0 aliphatic carbocycles. The number of ether oxygens (including phenoxy) is 2. The molecule has 27 heavy (non-hydrogen) atoms. The van der Waals surface area contributed by atoms with Crippen molar-refractivity contribution in [2.24, 2.45) is 10.2 Å². The summed E-state index contributed by atoms with van der Waals surface area (Å²) in [5, 5.41) is 26.4. The Morgan fingerprint density at radius 1 is 0.889 bits per heavy atom. The van der Waals surface area contributed by atoms with E-state index in [2.05, 4.69) is 19.7 Å². The molecule has 0 saturated heterocycles. The minimum absolute atomic E-state index is 0.0247. The SMILES string of the molecule is COC(=O)c1ccc(/N=N/c2ccc(O)c(CC(=O)O)c2)cc1C(=O)OC. The van der Waals surface area contributed by atoms with E-state index >= 15 is 0 Å². The van der Waals surface area contributed by atoms with E-state index in [0.29, 0.717) is 5.69 Å². The highest BCUT2D eigenvalue weighted by Crippen LogP contribution is 2.26. The molecule has 2 rings (SSSR count). The van der Waals surface area contributed by atoms with Crippen LogP contribution in [0.4, 0.5) is 11.4 Å². The Morgan fingerprint density at radius 3 is 2.04 bits per heavy atom. The number of methoxy groups -OCH3 is 2. The Kier molecular flexibility index (Phi) is 6.21. The van der Waals surface area contributed by atoms with Gasteiger partial charge in [-0.1, -0.05) is 0 Å². The van der Waals surface area contributed by atoms with Crippen molar-refractivity contribution in [1.82, 2.24) is 0 Å². The van der Waals surface area contributed by atoms with Gasteiger partial charge in [-0.25, -0.2) is 9.59 Å². The maximum absolute atomic E-state index is 11.9. The molecule has 0 radical (unpaired) electrons. The van der Waals surface area contributed by atoms with E-state index in [-0.39, 0.29) is 34.5 Å². The highest BCUT2D eigenvalue weighted by molar-refractivity contribution is 6.03. The van der Waals surface area contributed by atoms with Crippen molar-refractivity contribution in [1.29, 1.82) is 0 Å². The number of esters is 2. The van der Waals surface area contributed by atoms with E-state index in [9.17, 15) is 19.5 Å². The molecule has 0 aromatic heterocycles. The number of hydrogen-bond donors (Lipinski definition) is 2. The monoisotopic (exact) mass is 372 g/mol. The zero-order valence-electron chi connectivity index (χ0n) is 14.5. The normalized spacial score (nSPS) is 10.6. The Labute approximate surface area is 153 Å². The lowest BCUT2D eigenvalue weighted by Gasteiger charge is -2.06. The standard InChI is InChI=1S/C18H16N2O7/c1-26-17(24)13-5-3-12(9-14(13)18(25)27-2)20-19-11-4-6-15(21)10(7-11)8-16(22)23/h3-7,9,21H,8H2,1-2H3,(H,22,23)/b20-19+. The first-order chi connectivity index (χ1) is 12.8. The second-order valence-electron chi connectivity index (χ2n) is 5.30. The zero-order chi connectivity index (χ0) is 20.0. The first-order valence-corrected chi connectivity index (χ1v) is 7.61. The molecule has 0 amide bonds. The van der Waals surface area contributed by atoms with Gasteiger partial charge < -0.3 is 19.7 Å². The van der Waals surface area contributed by atoms with E-state index in [4.69, 9.17) is 5.11 Å². The summed E-state index contributed by atoms with van der Waals surface area (Å²) in [4.78, 5) is 34.4. The summed E-state index contributed by atoms with van der Waals surface area (Å²) in [5.41, 5.74) is 0.751. The fourth-order valence-corrected chi connectivity index (χ4v) is 2.22. The van der Waals surface area contributed by atoms with E-state index in [0.717, 1.165) is 0 Å². The molecule has 0 bridgehead atoms. The van der Waals surface area contributed by atoms with Gasteiger partial charge in [0, 0.05) is 5.56 Å². The number of hydrogen-bond acceptors (Lipinski definition) is 8. The van der Waals surface area contributed by atoms with Gasteiger partial charge in [-0.15, -0.1) is 0 Å². The Hall–Kier alpha value is -3.75. The van der Waals surface area contributed by atoms with Crippen molar-refractivity contribution >= 4 is 29.3 Å². The van der Waals surface area contributed by atoms with E-state index in [1.165, 1.54) is 50.6 Å². The van der Waals surface area contributed by atoms with Gasteiger partial charge in [-0.2, -0.15) is 10.2 Å². The van der Waals surface area contributed by atoms with Crippen molar-refractivity contribution in [3.05, 3.63) is 53.1 Å². The lowest BCUT2D eigenvalue weighted by atomic mass is 10.1. The highest BCUT2D eigenvalue weighted by atomic mass is 16.5. The maximum Gasteiger partial charge on any atom is 0.338 e. The number of aromatic hydroxyl groups is 1. The first kappa shape index (κ1) is 19.6. The molecule has 2 N–H and O–H groups in total. The van der Waals surface area contributed by atoms with E-state index in [1.807, 2.05) is 0 Å². The Bertz CT molecular complexity index is 922. The van der Waals surface area contributed by atoms with Gasteiger partial charge in [0.05, 0.1) is 43.1 Å². The summed E-state index contributed by atoms with van der Waals surface area (Å²) in [6.45, 7) is 0. The van der Waals surface area contributed by atoms with Crippen LogP contribution in [0, 0.1) is 0 Å². The summed E-state index contributed by atoms with van der Waals surface area (Å²) < 4.78 is 9.28. The number of nitrogens with zero attached hydrogens (tertiary/aromatic N) is 2. The quantitative estimate of drug-likeness (QED) is 0.588. The van der Waals surface area contributed by atoms with Gasteiger partial charge in [0.2, 0.25) is 0 Å². The third-order valence-corrected chi connectivity index (χ3v) is 3.50. The van der Waals surface area contributed by atoms with Crippen LogP contribution in [-0.2, 0) is 20.7 Å². The van der Waals surface area contributed by atoms with Gasteiger partial charge >= 0.3 is 17.9 Å². The third kappa shape index (κ3) is 4.88. The first-order valence-electron chi connectivity index (χ1n) is 7.61. The van der Waals surface area contributed by atoms with Crippen molar-refractivity contribution in [3.8, 4) is 5.75 Å². The van der Waals surface area contributed by atoms with E-state index in [1.54, 1.807) is 0 Å². The summed E-state index contributed by atoms with van der Waals surface area (Å²) >= 11 is 0. The van der Waals surface area contributed by atoms with Crippen LogP contribution in [0.5, 0.6) is 5.75 Å². The Balaban J connectivity index is 2.35. The van der Waals surface area contributed by atoms with Gasteiger partial charge in [0.15, 0.2) is 0 Å². The van der Waals surface area contributed by atoms with Crippen molar-refractivity contribution in [2.75, 3.05) is 14.2 Å². The number of carbonyl (C=O) groups is 3. The molecule has 0 atom stereocenters. The summed E-state index contributed by atoms with van der Waals surface area (Å²) in [6.07, 6.45) is -0.366. The molecule has 2 aromatic rings. The highest BCUT2D eigenvalue weighted by Gasteiger charge is 2.19. The fourth-order valence-electron chi connectivity index (χ4n) is 2.22.